The first-order chi connectivity index (χ1) is 12.0. The zero-order valence-electron chi connectivity index (χ0n) is 15.1. The van der Waals surface area contributed by atoms with Crippen LogP contribution in [0.1, 0.15) is 64.2 Å². The van der Waals surface area contributed by atoms with Crippen molar-refractivity contribution in [2.24, 2.45) is 17.1 Å². The number of nitrogens with one attached hydrogen (secondary N) is 1. The van der Waals surface area contributed by atoms with Crippen molar-refractivity contribution < 1.29 is 9.59 Å². The van der Waals surface area contributed by atoms with E-state index in [1.165, 1.54) is 0 Å². The Hall–Kier alpha value is -1.61. The summed E-state index contributed by atoms with van der Waals surface area (Å²) >= 11 is 0. The molecule has 2 saturated carbocycles. The second kappa shape index (κ2) is 7.33. The van der Waals surface area contributed by atoms with Crippen LogP contribution in [0.15, 0.2) is 0 Å². The van der Waals surface area contributed by atoms with Crippen LogP contribution in [-0.2, 0) is 9.59 Å². The summed E-state index contributed by atoms with van der Waals surface area (Å²) in [5.74, 6) is 0.296. The van der Waals surface area contributed by atoms with Crippen LogP contribution in [0.2, 0.25) is 0 Å². The highest BCUT2D eigenvalue weighted by Gasteiger charge is 2.45. The smallest absolute Gasteiger partial charge is 0.223 e. The second-order valence-electron chi connectivity index (χ2n) is 8.22. The number of carbonyl (C=O) groups excluding carboxylic acids is 2. The Morgan fingerprint density at radius 2 is 1.92 bits per heavy atom. The fourth-order valence-electron chi connectivity index (χ4n) is 4.47. The maximum atomic E-state index is 13.1. The molecule has 0 spiro atoms. The Bertz CT molecular complexity index is 552. The van der Waals surface area contributed by atoms with Crippen molar-refractivity contribution in [2.45, 2.75) is 69.7 Å². The minimum absolute atomic E-state index is 0.0170. The summed E-state index contributed by atoms with van der Waals surface area (Å²) in [5, 5.41) is 13.0. The zero-order chi connectivity index (χ0) is 17.9. The lowest BCUT2D eigenvalue weighted by molar-refractivity contribution is -0.137. The Balaban J connectivity index is 1.69. The van der Waals surface area contributed by atoms with Crippen molar-refractivity contribution in [2.75, 3.05) is 19.6 Å². The predicted octanol–water partition coefficient (Wildman–Crippen LogP) is 1.70. The number of primary amides is 1. The van der Waals surface area contributed by atoms with Gasteiger partial charge >= 0.3 is 0 Å². The number of hydrogen-bond acceptors (Lipinski definition) is 4. The average Bonchev–Trinajstić information content (AvgIpc) is 3.33. The van der Waals surface area contributed by atoms with Gasteiger partial charge in [0.15, 0.2) is 0 Å². The molecular weight excluding hydrogens is 316 g/mol. The van der Waals surface area contributed by atoms with Crippen molar-refractivity contribution in [3.05, 3.63) is 0 Å². The Morgan fingerprint density at radius 1 is 1.20 bits per heavy atom. The number of hydrogen-bond donors (Lipinski definition) is 2. The molecule has 6 nitrogen and oxygen atoms in total. The van der Waals surface area contributed by atoms with Gasteiger partial charge in [-0.3, -0.25) is 9.59 Å². The van der Waals surface area contributed by atoms with E-state index in [1.54, 1.807) is 0 Å². The number of rotatable bonds is 7. The fourth-order valence-corrected chi connectivity index (χ4v) is 4.47. The van der Waals surface area contributed by atoms with Crippen molar-refractivity contribution in [3.8, 4) is 6.07 Å². The molecule has 3 rings (SSSR count). The number of nitriles is 1. The van der Waals surface area contributed by atoms with E-state index in [0.29, 0.717) is 38.3 Å². The molecule has 0 bridgehead atoms. The van der Waals surface area contributed by atoms with Crippen LogP contribution in [0.3, 0.4) is 0 Å². The highest BCUT2D eigenvalue weighted by Crippen LogP contribution is 2.41. The summed E-state index contributed by atoms with van der Waals surface area (Å²) in [4.78, 5) is 26.9. The molecule has 0 radical (unpaired) electrons. The third kappa shape index (κ3) is 3.82. The summed E-state index contributed by atoms with van der Waals surface area (Å²) in [7, 11) is 0. The maximum absolute atomic E-state index is 13.1. The molecule has 3 aliphatic rings. The molecule has 6 heteroatoms. The Morgan fingerprint density at radius 3 is 2.44 bits per heavy atom. The second-order valence-corrected chi connectivity index (χ2v) is 8.22. The average molecular weight is 346 g/mol. The standard InChI is InChI=1S/C19H30N4O2/c20-13-19(10-11-22-14-19)23(12-15-4-5-15)16(24)6-9-18(17(21)25)7-2-1-3-8-18/h15,22H,1-12,14H2,(H2,21,25). The molecule has 3 N–H and O–H groups in total. The van der Waals surface area contributed by atoms with Gasteiger partial charge in [0.05, 0.1) is 6.07 Å². The van der Waals surface area contributed by atoms with Gasteiger partial charge in [0, 0.05) is 24.9 Å². The molecule has 1 unspecified atom stereocenters. The van der Waals surface area contributed by atoms with Crippen LogP contribution < -0.4 is 11.1 Å². The topological polar surface area (TPSA) is 99.2 Å². The van der Waals surface area contributed by atoms with Crippen LogP contribution in [-0.4, -0.2) is 41.9 Å². The van der Waals surface area contributed by atoms with Crippen LogP contribution in [0.4, 0.5) is 0 Å². The lowest BCUT2D eigenvalue weighted by atomic mass is 9.70. The van der Waals surface area contributed by atoms with Crippen LogP contribution >= 0.6 is 0 Å². The van der Waals surface area contributed by atoms with E-state index in [-0.39, 0.29) is 11.8 Å². The van der Waals surface area contributed by atoms with E-state index >= 15 is 0 Å². The van der Waals surface area contributed by atoms with Crippen LogP contribution in [0, 0.1) is 22.7 Å². The summed E-state index contributed by atoms with van der Waals surface area (Å²) in [6.45, 7) is 1.99. The van der Waals surface area contributed by atoms with E-state index in [1.807, 2.05) is 4.90 Å². The Kier molecular flexibility index (Phi) is 5.33. The molecule has 138 valence electrons. The summed E-state index contributed by atoms with van der Waals surface area (Å²) in [5.41, 5.74) is 4.47. The molecule has 25 heavy (non-hydrogen) atoms. The SMILES string of the molecule is N#CC1(N(CC2CC2)C(=O)CCC2(C(N)=O)CCCCC2)CCNC1. The third-order valence-electron chi connectivity index (χ3n) is 6.45. The first-order valence-electron chi connectivity index (χ1n) is 9.74. The minimum atomic E-state index is -0.716. The number of carbonyl (C=O) groups is 2. The van der Waals surface area contributed by atoms with Crippen LogP contribution in [0.25, 0.3) is 0 Å². The number of nitrogens with zero attached hydrogens (tertiary/aromatic N) is 2. The summed E-state index contributed by atoms with van der Waals surface area (Å²) < 4.78 is 0. The Labute approximate surface area is 150 Å². The lowest BCUT2D eigenvalue weighted by Gasteiger charge is -2.38. The maximum Gasteiger partial charge on any atom is 0.223 e. The largest absolute Gasteiger partial charge is 0.369 e. The molecule has 0 aromatic rings. The van der Waals surface area contributed by atoms with E-state index in [4.69, 9.17) is 5.73 Å². The van der Waals surface area contributed by atoms with Crippen molar-refractivity contribution >= 4 is 11.8 Å². The summed E-state index contributed by atoms with van der Waals surface area (Å²) in [6, 6.07) is 2.41. The van der Waals surface area contributed by atoms with Gasteiger partial charge in [0.1, 0.15) is 5.54 Å². The van der Waals surface area contributed by atoms with Gasteiger partial charge in [0.25, 0.3) is 0 Å². The van der Waals surface area contributed by atoms with Crippen molar-refractivity contribution in [3.63, 3.8) is 0 Å². The first-order valence-corrected chi connectivity index (χ1v) is 9.74. The number of amides is 2. The first kappa shape index (κ1) is 18.2. The monoisotopic (exact) mass is 346 g/mol. The van der Waals surface area contributed by atoms with Gasteiger partial charge in [-0.05, 0) is 51.0 Å². The van der Waals surface area contributed by atoms with E-state index in [9.17, 15) is 14.9 Å². The highest BCUT2D eigenvalue weighted by molar-refractivity contribution is 5.83. The van der Waals surface area contributed by atoms with Gasteiger partial charge in [-0.1, -0.05) is 19.3 Å². The van der Waals surface area contributed by atoms with Gasteiger partial charge in [0.2, 0.25) is 11.8 Å². The normalized spacial score (nSPS) is 28.3. The predicted molar refractivity (Wildman–Crippen MR) is 94.2 cm³/mol. The zero-order valence-corrected chi connectivity index (χ0v) is 15.1. The third-order valence-corrected chi connectivity index (χ3v) is 6.45. The minimum Gasteiger partial charge on any atom is -0.369 e. The van der Waals surface area contributed by atoms with E-state index in [2.05, 4.69) is 11.4 Å². The van der Waals surface area contributed by atoms with Gasteiger partial charge in [-0.15, -0.1) is 0 Å². The van der Waals surface area contributed by atoms with Crippen LogP contribution in [0.5, 0.6) is 0 Å². The van der Waals surface area contributed by atoms with E-state index < -0.39 is 11.0 Å². The molecule has 1 saturated heterocycles. The fraction of sp³-hybridized carbons (Fsp3) is 0.842. The molecule has 2 aliphatic carbocycles. The highest BCUT2D eigenvalue weighted by atomic mass is 16.2. The van der Waals surface area contributed by atoms with Gasteiger partial charge in [-0.25, -0.2) is 0 Å². The molecule has 1 aliphatic heterocycles. The van der Waals surface area contributed by atoms with Gasteiger partial charge in [-0.2, -0.15) is 5.26 Å². The lowest BCUT2D eigenvalue weighted by Crippen LogP contribution is -2.53. The summed E-state index contributed by atoms with van der Waals surface area (Å²) in [6.07, 6.45) is 8.56. The van der Waals surface area contributed by atoms with Crippen molar-refractivity contribution in [1.82, 2.24) is 10.2 Å². The molecule has 1 heterocycles. The van der Waals surface area contributed by atoms with E-state index in [0.717, 1.165) is 51.5 Å². The van der Waals surface area contributed by atoms with Gasteiger partial charge < -0.3 is 16.0 Å². The quantitative estimate of drug-likeness (QED) is 0.733. The molecule has 3 fully saturated rings. The molecule has 2 amide bonds. The molecular formula is C19H30N4O2. The van der Waals surface area contributed by atoms with Crippen molar-refractivity contribution in [1.29, 1.82) is 5.26 Å². The molecule has 0 aromatic heterocycles. The molecule has 0 aromatic carbocycles. The number of nitrogens with two attached hydrogens (primary N) is 1. The molecule has 1 atom stereocenters.